The lowest BCUT2D eigenvalue weighted by molar-refractivity contribution is -0.122. The molecule has 1 fully saturated rings. The minimum absolute atomic E-state index is 0.0855. The summed E-state index contributed by atoms with van der Waals surface area (Å²) in [5.74, 6) is 1.18. The number of amides is 1. The summed E-state index contributed by atoms with van der Waals surface area (Å²) in [5, 5.41) is 2.93. The average molecular weight is 276 g/mol. The number of anilines is 1. The molecule has 4 heteroatoms. The highest BCUT2D eigenvalue weighted by Crippen LogP contribution is 2.31. The van der Waals surface area contributed by atoms with E-state index in [1.807, 2.05) is 31.2 Å². The summed E-state index contributed by atoms with van der Waals surface area (Å²) in [7, 11) is 0. The maximum atomic E-state index is 12.4. The molecule has 0 radical (unpaired) electrons. The second kappa shape index (κ2) is 6.27. The maximum Gasteiger partial charge on any atom is 0.244 e. The largest absolute Gasteiger partial charge is 0.494 e. The molecule has 0 bridgehead atoms. The van der Waals surface area contributed by atoms with E-state index in [1.165, 1.54) is 0 Å². The Labute approximate surface area is 120 Å². The minimum atomic E-state index is -0.737. The predicted molar refractivity (Wildman–Crippen MR) is 80.8 cm³/mol. The lowest BCUT2D eigenvalue weighted by Gasteiger charge is -2.35. The van der Waals surface area contributed by atoms with E-state index in [9.17, 15) is 4.79 Å². The third kappa shape index (κ3) is 3.51. The molecule has 0 saturated heterocycles. The molecule has 110 valence electrons. The topological polar surface area (TPSA) is 64.3 Å². The molecule has 3 N–H and O–H groups in total. The van der Waals surface area contributed by atoms with Gasteiger partial charge in [-0.15, -0.1) is 0 Å². The summed E-state index contributed by atoms with van der Waals surface area (Å²) in [6.07, 6.45) is 3.69. The summed E-state index contributed by atoms with van der Waals surface area (Å²) in [4.78, 5) is 12.4. The molecule has 0 spiro atoms. The third-order valence-corrected chi connectivity index (χ3v) is 3.89. The molecule has 1 amide bonds. The highest BCUT2D eigenvalue weighted by molar-refractivity contribution is 5.98. The average Bonchev–Trinajstić information content (AvgIpc) is 2.39. The predicted octanol–water partition coefficient (Wildman–Crippen LogP) is 2.93. The molecule has 0 heterocycles. The highest BCUT2D eigenvalue weighted by atomic mass is 16.5. The second-order valence-electron chi connectivity index (χ2n) is 5.77. The molecule has 2 rings (SSSR count). The number of rotatable bonds is 4. The van der Waals surface area contributed by atoms with Gasteiger partial charge in [-0.3, -0.25) is 4.79 Å². The molecule has 1 aliphatic carbocycles. The van der Waals surface area contributed by atoms with Crippen molar-refractivity contribution in [2.24, 2.45) is 11.7 Å². The SMILES string of the molecule is CCOc1cccc(NC(=O)C2(N)CCCC(C)C2)c1. The standard InChI is InChI=1S/C16H24N2O2/c1-3-20-14-8-4-7-13(10-14)18-15(19)16(17)9-5-6-12(2)11-16/h4,7-8,10,12H,3,5-6,9,11,17H2,1-2H3,(H,18,19). The van der Waals surface area contributed by atoms with Crippen LogP contribution >= 0.6 is 0 Å². The number of nitrogens with one attached hydrogen (secondary N) is 1. The van der Waals surface area contributed by atoms with Crippen LogP contribution in [-0.4, -0.2) is 18.1 Å². The van der Waals surface area contributed by atoms with Crippen molar-refractivity contribution in [3.63, 3.8) is 0 Å². The van der Waals surface area contributed by atoms with Gasteiger partial charge in [0.05, 0.1) is 12.1 Å². The lowest BCUT2D eigenvalue weighted by atomic mass is 9.76. The summed E-state index contributed by atoms with van der Waals surface area (Å²) in [6, 6.07) is 7.43. The van der Waals surface area contributed by atoms with Gasteiger partial charge < -0.3 is 15.8 Å². The van der Waals surface area contributed by atoms with Crippen LogP contribution in [-0.2, 0) is 4.79 Å². The van der Waals surface area contributed by atoms with Gasteiger partial charge in [0.1, 0.15) is 5.75 Å². The van der Waals surface area contributed by atoms with Gasteiger partial charge in [0.2, 0.25) is 5.91 Å². The quantitative estimate of drug-likeness (QED) is 0.888. The fourth-order valence-electron chi connectivity index (χ4n) is 2.88. The van der Waals surface area contributed by atoms with Gasteiger partial charge in [0.25, 0.3) is 0 Å². The van der Waals surface area contributed by atoms with E-state index in [0.29, 0.717) is 12.5 Å². The number of carbonyl (C=O) groups is 1. The fourth-order valence-corrected chi connectivity index (χ4v) is 2.88. The maximum absolute atomic E-state index is 12.4. The summed E-state index contributed by atoms with van der Waals surface area (Å²) in [5.41, 5.74) is 6.30. The van der Waals surface area contributed by atoms with Gasteiger partial charge in [-0.2, -0.15) is 0 Å². The monoisotopic (exact) mass is 276 g/mol. The Bertz CT molecular complexity index is 475. The Hall–Kier alpha value is -1.55. The molecule has 1 aliphatic rings. The van der Waals surface area contributed by atoms with E-state index < -0.39 is 5.54 Å². The van der Waals surface area contributed by atoms with Crippen LogP contribution in [0.4, 0.5) is 5.69 Å². The Morgan fingerprint density at radius 2 is 2.35 bits per heavy atom. The third-order valence-electron chi connectivity index (χ3n) is 3.89. The molecular weight excluding hydrogens is 252 g/mol. The number of carbonyl (C=O) groups excluding carboxylic acids is 1. The Kier molecular flexibility index (Phi) is 4.65. The molecule has 1 aromatic rings. The van der Waals surface area contributed by atoms with Crippen LogP contribution in [0.1, 0.15) is 39.5 Å². The number of benzene rings is 1. The highest BCUT2D eigenvalue weighted by Gasteiger charge is 2.37. The van der Waals surface area contributed by atoms with Crippen molar-refractivity contribution in [2.75, 3.05) is 11.9 Å². The summed E-state index contributed by atoms with van der Waals surface area (Å²) < 4.78 is 5.43. The molecule has 1 aromatic carbocycles. The second-order valence-corrected chi connectivity index (χ2v) is 5.77. The van der Waals surface area contributed by atoms with Crippen molar-refractivity contribution in [1.29, 1.82) is 0 Å². The Balaban J connectivity index is 2.05. The van der Waals surface area contributed by atoms with Crippen LogP contribution in [0.25, 0.3) is 0 Å². The van der Waals surface area contributed by atoms with Crippen molar-refractivity contribution >= 4 is 11.6 Å². The first kappa shape index (κ1) is 14.9. The summed E-state index contributed by atoms with van der Waals surface area (Å²) >= 11 is 0. The molecule has 2 unspecified atom stereocenters. The van der Waals surface area contributed by atoms with Crippen molar-refractivity contribution in [2.45, 2.75) is 45.1 Å². The Morgan fingerprint density at radius 3 is 3.05 bits per heavy atom. The van der Waals surface area contributed by atoms with Crippen LogP contribution in [0.15, 0.2) is 24.3 Å². The van der Waals surface area contributed by atoms with Gasteiger partial charge in [0.15, 0.2) is 0 Å². The van der Waals surface area contributed by atoms with Gasteiger partial charge >= 0.3 is 0 Å². The van der Waals surface area contributed by atoms with Gasteiger partial charge in [-0.1, -0.05) is 25.8 Å². The first-order valence-corrected chi connectivity index (χ1v) is 7.37. The van der Waals surface area contributed by atoms with E-state index in [2.05, 4.69) is 12.2 Å². The first-order chi connectivity index (χ1) is 9.53. The van der Waals surface area contributed by atoms with Crippen LogP contribution in [0.5, 0.6) is 5.75 Å². The van der Waals surface area contributed by atoms with Crippen LogP contribution in [0, 0.1) is 5.92 Å². The zero-order valence-electron chi connectivity index (χ0n) is 12.3. The van der Waals surface area contributed by atoms with Gasteiger partial charge in [-0.25, -0.2) is 0 Å². The van der Waals surface area contributed by atoms with Crippen molar-refractivity contribution in [1.82, 2.24) is 0 Å². The van der Waals surface area contributed by atoms with E-state index in [4.69, 9.17) is 10.5 Å². The van der Waals surface area contributed by atoms with E-state index in [0.717, 1.165) is 37.1 Å². The lowest BCUT2D eigenvalue weighted by Crippen LogP contribution is -2.53. The number of nitrogens with two attached hydrogens (primary N) is 1. The zero-order chi connectivity index (χ0) is 14.6. The molecular formula is C16H24N2O2. The van der Waals surface area contributed by atoms with Crippen LogP contribution < -0.4 is 15.8 Å². The van der Waals surface area contributed by atoms with Crippen LogP contribution in [0.2, 0.25) is 0 Å². The first-order valence-electron chi connectivity index (χ1n) is 7.37. The van der Waals surface area contributed by atoms with E-state index in [-0.39, 0.29) is 5.91 Å². The molecule has 20 heavy (non-hydrogen) atoms. The Morgan fingerprint density at radius 1 is 1.55 bits per heavy atom. The molecule has 2 atom stereocenters. The normalized spacial score (nSPS) is 26.1. The van der Waals surface area contributed by atoms with E-state index >= 15 is 0 Å². The van der Waals surface area contributed by atoms with Crippen molar-refractivity contribution in [3.8, 4) is 5.75 Å². The molecule has 1 saturated carbocycles. The molecule has 4 nitrogen and oxygen atoms in total. The van der Waals surface area contributed by atoms with Crippen LogP contribution in [0.3, 0.4) is 0 Å². The van der Waals surface area contributed by atoms with Crippen molar-refractivity contribution < 1.29 is 9.53 Å². The number of ether oxygens (including phenoxy) is 1. The van der Waals surface area contributed by atoms with Crippen molar-refractivity contribution in [3.05, 3.63) is 24.3 Å². The number of hydrogen-bond acceptors (Lipinski definition) is 3. The molecule has 0 aliphatic heterocycles. The summed E-state index contributed by atoms with van der Waals surface area (Å²) in [6.45, 7) is 4.70. The van der Waals surface area contributed by atoms with E-state index in [1.54, 1.807) is 0 Å². The smallest absolute Gasteiger partial charge is 0.244 e. The number of hydrogen-bond donors (Lipinski definition) is 2. The van der Waals surface area contributed by atoms with Gasteiger partial charge in [0, 0.05) is 11.8 Å². The molecule has 0 aromatic heterocycles. The minimum Gasteiger partial charge on any atom is -0.494 e. The zero-order valence-corrected chi connectivity index (χ0v) is 12.3. The fraction of sp³-hybridized carbons (Fsp3) is 0.562. The van der Waals surface area contributed by atoms with Gasteiger partial charge in [-0.05, 0) is 37.8 Å².